The molecule has 37 heavy (non-hydrogen) atoms. The minimum Gasteiger partial charge on any atom is -0.491 e. The average Bonchev–Trinajstić information content (AvgIpc) is 2.88. The van der Waals surface area contributed by atoms with Crippen molar-refractivity contribution >= 4 is 17.3 Å². The van der Waals surface area contributed by atoms with E-state index >= 15 is 0 Å². The van der Waals surface area contributed by atoms with Crippen LogP contribution in [-0.4, -0.2) is 48.7 Å². The maximum Gasteiger partial charge on any atom is 0.341 e. The molecule has 0 aromatic carbocycles. The van der Waals surface area contributed by atoms with Crippen LogP contribution in [0.4, 0.5) is 0 Å². The fourth-order valence-electron chi connectivity index (χ4n) is 3.73. The second-order valence-electron chi connectivity index (χ2n) is 9.53. The first-order valence-corrected chi connectivity index (χ1v) is 13.4. The van der Waals surface area contributed by atoms with Gasteiger partial charge in [-0.05, 0) is 36.3 Å². The number of methoxy groups -OCH3 is 1. The lowest BCUT2D eigenvalue weighted by Gasteiger charge is -2.25. The molecule has 1 aromatic heterocycles. The minimum absolute atomic E-state index is 0.109. The van der Waals surface area contributed by atoms with E-state index in [9.17, 15) is 14.7 Å². The van der Waals surface area contributed by atoms with Crippen LogP contribution >= 0.6 is 0 Å². The Morgan fingerprint density at radius 2 is 1.81 bits per heavy atom. The van der Waals surface area contributed by atoms with E-state index in [2.05, 4.69) is 39.6 Å². The summed E-state index contributed by atoms with van der Waals surface area (Å²) in [5.74, 6) is 0.452. The van der Waals surface area contributed by atoms with Gasteiger partial charge in [0.25, 0.3) is 0 Å². The molecule has 1 atom stereocenters. The van der Waals surface area contributed by atoms with E-state index in [1.54, 1.807) is 14.2 Å². The Balaban J connectivity index is 0.00000124. The lowest BCUT2D eigenvalue weighted by molar-refractivity contribution is 0.0694. The SMILES string of the molecule is CCC(C)C.CCCn1cc(C(=O)O)c(=O)cc1/C(=C1\C=CC=C(OCCCOC)C1=NC)C(C)CC. The molecule has 0 bridgehead atoms. The van der Waals surface area contributed by atoms with Gasteiger partial charge in [-0.3, -0.25) is 9.79 Å². The number of ether oxygens (including phenoxy) is 2. The van der Waals surface area contributed by atoms with E-state index in [4.69, 9.17) is 9.47 Å². The molecule has 0 aliphatic heterocycles. The smallest absolute Gasteiger partial charge is 0.341 e. The van der Waals surface area contributed by atoms with Gasteiger partial charge in [0.1, 0.15) is 17.0 Å². The van der Waals surface area contributed by atoms with E-state index in [1.165, 1.54) is 18.7 Å². The summed E-state index contributed by atoms with van der Waals surface area (Å²) < 4.78 is 13.0. The fourth-order valence-corrected chi connectivity index (χ4v) is 3.73. The molecule has 0 saturated carbocycles. The summed E-state index contributed by atoms with van der Waals surface area (Å²) in [5.41, 5.74) is 2.57. The summed E-state index contributed by atoms with van der Waals surface area (Å²) >= 11 is 0. The molecule has 1 aliphatic rings. The van der Waals surface area contributed by atoms with Crippen LogP contribution < -0.4 is 5.43 Å². The first-order valence-electron chi connectivity index (χ1n) is 13.4. The molecular weight excluding hydrogens is 468 g/mol. The van der Waals surface area contributed by atoms with Gasteiger partial charge in [0.05, 0.1) is 6.61 Å². The largest absolute Gasteiger partial charge is 0.491 e. The Morgan fingerprint density at radius 1 is 1.14 bits per heavy atom. The van der Waals surface area contributed by atoms with Crippen molar-refractivity contribution in [3.05, 3.63) is 63.3 Å². The van der Waals surface area contributed by atoms with Crippen LogP contribution in [0.15, 0.2) is 51.6 Å². The van der Waals surface area contributed by atoms with Gasteiger partial charge in [-0.15, -0.1) is 0 Å². The topological polar surface area (TPSA) is 90.1 Å². The maximum atomic E-state index is 12.6. The standard InChI is InChI=1S/C25H34N2O5.C5H12/c1-6-12-27-16-19(25(29)30)21(28)15-20(27)23(17(3)7-2)18-10-8-11-22(24(18)26-4)32-14-9-13-31-5;1-4-5(2)3/h8,10-11,15-17H,6-7,9,12-14H2,1-5H3,(H,29,30);5H,4H2,1-3H3/b23-18+,26-24?;. The number of aliphatic imine (C=N–C) groups is 1. The zero-order valence-electron chi connectivity index (χ0n) is 24.0. The number of hydrogen-bond acceptors (Lipinski definition) is 5. The summed E-state index contributed by atoms with van der Waals surface area (Å²) in [6.07, 6.45) is 11.0. The molecule has 0 fully saturated rings. The van der Waals surface area contributed by atoms with Crippen LogP contribution in [0, 0.1) is 11.8 Å². The minimum atomic E-state index is -1.22. The van der Waals surface area contributed by atoms with Crippen molar-refractivity contribution in [2.45, 2.75) is 73.8 Å². The molecular formula is C30H46N2O5. The van der Waals surface area contributed by atoms with Crippen molar-refractivity contribution in [1.29, 1.82) is 0 Å². The van der Waals surface area contributed by atoms with Crippen LogP contribution in [0.2, 0.25) is 0 Å². The van der Waals surface area contributed by atoms with Gasteiger partial charge >= 0.3 is 5.97 Å². The number of carboxylic acid groups (broad SMARTS) is 1. The second kappa shape index (κ2) is 16.7. The number of rotatable bonds is 12. The number of aryl methyl sites for hydroxylation is 1. The van der Waals surface area contributed by atoms with Crippen LogP contribution in [0.3, 0.4) is 0 Å². The van der Waals surface area contributed by atoms with Crippen LogP contribution in [0.25, 0.3) is 5.57 Å². The van der Waals surface area contributed by atoms with Crippen molar-refractivity contribution in [2.24, 2.45) is 16.8 Å². The van der Waals surface area contributed by atoms with Crippen LogP contribution in [0.1, 0.15) is 83.3 Å². The van der Waals surface area contributed by atoms with Gasteiger partial charge in [-0.25, -0.2) is 4.79 Å². The van der Waals surface area contributed by atoms with Gasteiger partial charge in [0, 0.05) is 57.3 Å². The molecule has 1 N–H and O–H groups in total. The molecule has 1 unspecified atom stereocenters. The molecule has 2 rings (SSSR count). The van der Waals surface area contributed by atoms with Gasteiger partial charge in [-0.1, -0.05) is 60.1 Å². The van der Waals surface area contributed by atoms with Crippen molar-refractivity contribution in [2.75, 3.05) is 27.4 Å². The van der Waals surface area contributed by atoms with E-state index in [0.29, 0.717) is 25.5 Å². The van der Waals surface area contributed by atoms with E-state index < -0.39 is 11.4 Å². The lowest BCUT2D eigenvalue weighted by Crippen LogP contribution is -2.23. The predicted octanol–water partition coefficient (Wildman–Crippen LogP) is 6.39. The summed E-state index contributed by atoms with van der Waals surface area (Å²) in [6, 6.07) is 1.45. The number of aromatic carboxylic acids is 1. The molecule has 1 heterocycles. The third-order valence-corrected chi connectivity index (χ3v) is 6.28. The van der Waals surface area contributed by atoms with Gasteiger partial charge in [-0.2, -0.15) is 0 Å². The lowest BCUT2D eigenvalue weighted by atomic mass is 9.86. The molecule has 7 nitrogen and oxygen atoms in total. The summed E-state index contributed by atoms with van der Waals surface area (Å²) in [7, 11) is 3.38. The maximum absolute atomic E-state index is 12.6. The Labute approximate surface area is 222 Å². The third-order valence-electron chi connectivity index (χ3n) is 6.28. The van der Waals surface area contributed by atoms with E-state index in [-0.39, 0.29) is 11.5 Å². The van der Waals surface area contributed by atoms with Crippen LogP contribution in [0.5, 0.6) is 0 Å². The highest BCUT2D eigenvalue weighted by Crippen LogP contribution is 2.33. The van der Waals surface area contributed by atoms with E-state index in [1.807, 2.05) is 29.7 Å². The highest BCUT2D eigenvalue weighted by molar-refractivity contribution is 6.18. The molecule has 0 amide bonds. The van der Waals surface area contributed by atoms with Crippen molar-refractivity contribution < 1.29 is 19.4 Å². The number of allylic oxidation sites excluding steroid dienone is 5. The Bertz CT molecular complexity index is 1060. The summed E-state index contributed by atoms with van der Waals surface area (Å²) in [6.45, 7) is 14.6. The Morgan fingerprint density at radius 3 is 2.32 bits per heavy atom. The van der Waals surface area contributed by atoms with Crippen molar-refractivity contribution in [3.63, 3.8) is 0 Å². The summed E-state index contributed by atoms with van der Waals surface area (Å²) in [5, 5.41) is 9.44. The van der Waals surface area contributed by atoms with Gasteiger partial charge in [0.15, 0.2) is 5.43 Å². The van der Waals surface area contributed by atoms with Gasteiger partial charge < -0.3 is 19.1 Å². The monoisotopic (exact) mass is 514 g/mol. The molecule has 0 radical (unpaired) electrons. The molecule has 0 saturated heterocycles. The number of carboxylic acids is 1. The zero-order chi connectivity index (χ0) is 28.0. The zero-order valence-corrected chi connectivity index (χ0v) is 24.0. The predicted molar refractivity (Wildman–Crippen MR) is 152 cm³/mol. The molecule has 1 aromatic rings. The van der Waals surface area contributed by atoms with Crippen molar-refractivity contribution in [1.82, 2.24) is 4.57 Å². The van der Waals surface area contributed by atoms with Crippen LogP contribution in [-0.2, 0) is 16.0 Å². The quantitative estimate of drug-likeness (QED) is 0.327. The molecule has 0 spiro atoms. The first-order chi connectivity index (χ1) is 17.7. The molecule has 7 heteroatoms. The van der Waals surface area contributed by atoms with Gasteiger partial charge in [0.2, 0.25) is 0 Å². The third kappa shape index (κ3) is 9.47. The first kappa shape index (κ1) is 32.1. The molecule has 1 aliphatic carbocycles. The number of pyridine rings is 1. The Hall–Kier alpha value is -2.93. The van der Waals surface area contributed by atoms with Crippen molar-refractivity contribution in [3.8, 4) is 0 Å². The number of carbonyl (C=O) groups is 1. The number of aromatic nitrogens is 1. The Kier molecular flexibility index (Phi) is 14.5. The normalized spacial score (nSPS) is 16.2. The second-order valence-corrected chi connectivity index (χ2v) is 9.53. The average molecular weight is 515 g/mol. The highest BCUT2D eigenvalue weighted by Gasteiger charge is 2.25. The van der Waals surface area contributed by atoms with E-state index in [0.717, 1.165) is 47.7 Å². The molecule has 206 valence electrons. The highest BCUT2D eigenvalue weighted by atomic mass is 16.5. The fraction of sp³-hybridized carbons (Fsp3) is 0.567. The summed E-state index contributed by atoms with van der Waals surface area (Å²) in [4.78, 5) is 28.7. The number of hydrogen-bond donors (Lipinski definition) is 1. The number of nitrogens with zero attached hydrogens (tertiary/aromatic N) is 2.